The third-order valence-corrected chi connectivity index (χ3v) is 3.26. The van der Waals surface area contributed by atoms with E-state index in [1.165, 1.54) is 0 Å². The molecule has 16 heavy (non-hydrogen) atoms. The second kappa shape index (κ2) is 8.03. The maximum Gasteiger partial charge on any atom is 0.223 e. The molecule has 0 aromatic rings. The molecular formula is C11H21BrN2O2. The SMILES string of the molecule is COCCN1CCCN(C(=O)CCBr)CC1. The van der Waals surface area contributed by atoms with Crippen LogP contribution >= 0.6 is 15.9 Å². The summed E-state index contributed by atoms with van der Waals surface area (Å²) < 4.78 is 5.07. The number of alkyl halides is 1. The minimum absolute atomic E-state index is 0.269. The second-order valence-corrected chi connectivity index (χ2v) is 4.80. The molecular weight excluding hydrogens is 272 g/mol. The Morgan fingerprint density at radius 2 is 2.12 bits per heavy atom. The number of hydrogen-bond donors (Lipinski definition) is 0. The van der Waals surface area contributed by atoms with E-state index in [0.717, 1.165) is 51.1 Å². The minimum Gasteiger partial charge on any atom is -0.383 e. The quantitative estimate of drug-likeness (QED) is 0.708. The van der Waals surface area contributed by atoms with E-state index in [9.17, 15) is 4.79 Å². The lowest BCUT2D eigenvalue weighted by Crippen LogP contribution is -2.36. The molecule has 0 aromatic heterocycles. The van der Waals surface area contributed by atoms with Crippen LogP contribution in [0, 0.1) is 0 Å². The molecule has 4 nitrogen and oxygen atoms in total. The first kappa shape index (κ1) is 13.9. The summed E-state index contributed by atoms with van der Waals surface area (Å²) in [5, 5.41) is 0.760. The van der Waals surface area contributed by atoms with Gasteiger partial charge in [-0.1, -0.05) is 15.9 Å². The van der Waals surface area contributed by atoms with E-state index in [4.69, 9.17) is 4.74 Å². The summed E-state index contributed by atoms with van der Waals surface area (Å²) in [5.74, 6) is 0.269. The van der Waals surface area contributed by atoms with Crippen LogP contribution in [0.25, 0.3) is 0 Å². The zero-order chi connectivity index (χ0) is 11.8. The van der Waals surface area contributed by atoms with Crippen molar-refractivity contribution >= 4 is 21.8 Å². The molecule has 1 saturated heterocycles. The molecule has 1 rings (SSSR count). The zero-order valence-corrected chi connectivity index (χ0v) is 11.5. The van der Waals surface area contributed by atoms with Gasteiger partial charge in [-0.2, -0.15) is 0 Å². The molecule has 94 valence electrons. The van der Waals surface area contributed by atoms with Gasteiger partial charge in [-0.15, -0.1) is 0 Å². The Hall–Kier alpha value is -0.130. The van der Waals surface area contributed by atoms with Gasteiger partial charge in [0.2, 0.25) is 5.91 Å². The van der Waals surface area contributed by atoms with Crippen molar-refractivity contribution in [1.82, 2.24) is 9.80 Å². The molecule has 1 aliphatic rings. The molecule has 0 radical (unpaired) electrons. The minimum atomic E-state index is 0.269. The molecule has 1 aliphatic heterocycles. The average Bonchev–Trinajstić information content (AvgIpc) is 2.52. The third kappa shape index (κ3) is 4.80. The van der Waals surface area contributed by atoms with Gasteiger partial charge in [-0.25, -0.2) is 0 Å². The van der Waals surface area contributed by atoms with Gasteiger partial charge in [0.15, 0.2) is 0 Å². The number of hydrogen-bond acceptors (Lipinski definition) is 3. The smallest absolute Gasteiger partial charge is 0.223 e. The van der Waals surface area contributed by atoms with E-state index < -0.39 is 0 Å². The monoisotopic (exact) mass is 292 g/mol. The highest BCUT2D eigenvalue weighted by atomic mass is 79.9. The lowest BCUT2D eigenvalue weighted by Gasteiger charge is -2.21. The summed E-state index contributed by atoms with van der Waals surface area (Å²) in [6.45, 7) is 5.54. The lowest BCUT2D eigenvalue weighted by atomic mass is 10.3. The summed E-state index contributed by atoms with van der Waals surface area (Å²) in [6.07, 6.45) is 1.68. The Labute approximate surface area is 106 Å². The topological polar surface area (TPSA) is 32.8 Å². The normalized spacial score (nSPS) is 18.5. The number of carbonyl (C=O) groups excluding carboxylic acids is 1. The van der Waals surface area contributed by atoms with Crippen LogP contribution < -0.4 is 0 Å². The van der Waals surface area contributed by atoms with Crippen LogP contribution in [-0.2, 0) is 9.53 Å². The van der Waals surface area contributed by atoms with Crippen LogP contribution in [0.15, 0.2) is 0 Å². The number of nitrogens with zero attached hydrogens (tertiary/aromatic N) is 2. The zero-order valence-electron chi connectivity index (χ0n) is 9.95. The highest BCUT2D eigenvalue weighted by Gasteiger charge is 2.17. The number of carbonyl (C=O) groups is 1. The first-order chi connectivity index (χ1) is 7.77. The Morgan fingerprint density at radius 1 is 1.31 bits per heavy atom. The maximum atomic E-state index is 11.7. The van der Waals surface area contributed by atoms with Crippen molar-refractivity contribution in [2.45, 2.75) is 12.8 Å². The predicted octanol–water partition coefficient (Wildman–Crippen LogP) is 0.952. The number of rotatable bonds is 5. The van der Waals surface area contributed by atoms with E-state index in [-0.39, 0.29) is 5.91 Å². The fourth-order valence-electron chi connectivity index (χ4n) is 1.90. The van der Waals surface area contributed by atoms with E-state index in [2.05, 4.69) is 20.8 Å². The fourth-order valence-corrected chi connectivity index (χ4v) is 2.24. The van der Waals surface area contributed by atoms with E-state index in [1.807, 2.05) is 4.90 Å². The molecule has 0 unspecified atom stereocenters. The van der Waals surface area contributed by atoms with Gasteiger partial charge >= 0.3 is 0 Å². The summed E-state index contributed by atoms with van der Waals surface area (Å²) >= 11 is 3.31. The van der Waals surface area contributed by atoms with Gasteiger partial charge in [-0.3, -0.25) is 9.69 Å². The molecule has 0 saturated carbocycles. The molecule has 0 bridgehead atoms. The Kier molecular flexibility index (Phi) is 7.00. The first-order valence-corrected chi connectivity index (χ1v) is 6.95. The number of methoxy groups -OCH3 is 1. The van der Waals surface area contributed by atoms with E-state index in [1.54, 1.807) is 7.11 Å². The highest BCUT2D eigenvalue weighted by molar-refractivity contribution is 9.09. The summed E-state index contributed by atoms with van der Waals surface area (Å²) in [4.78, 5) is 16.1. The number of ether oxygens (including phenoxy) is 1. The summed E-state index contributed by atoms with van der Waals surface area (Å²) in [7, 11) is 1.73. The van der Waals surface area contributed by atoms with Crippen LogP contribution in [0.1, 0.15) is 12.8 Å². The van der Waals surface area contributed by atoms with Crippen LogP contribution in [0.5, 0.6) is 0 Å². The summed E-state index contributed by atoms with van der Waals surface area (Å²) in [5.41, 5.74) is 0. The Bertz CT molecular complexity index is 214. The maximum absolute atomic E-state index is 11.7. The van der Waals surface area contributed by atoms with Crippen molar-refractivity contribution in [3.8, 4) is 0 Å². The van der Waals surface area contributed by atoms with E-state index >= 15 is 0 Å². The van der Waals surface area contributed by atoms with E-state index in [0.29, 0.717) is 6.42 Å². The Morgan fingerprint density at radius 3 is 2.81 bits per heavy atom. The molecule has 1 heterocycles. The molecule has 0 aromatic carbocycles. The fraction of sp³-hybridized carbons (Fsp3) is 0.909. The van der Waals surface area contributed by atoms with Crippen molar-refractivity contribution in [2.24, 2.45) is 0 Å². The van der Waals surface area contributed by atoms with Gasteiger partial charge in [0.1, 0.15) is 0 Å². The third-order valence-electron chi connectivity index (χ3n) is 2.86. The van der Waals surface area contributed by atoms with Crippen LogP contribution in [0.4, 0.5) is 0 Å². The molecule has 0 aliphatic carbocycles. The van der Waals surface area contributed by atoms with Crippen LogP contribution in [0.2, 0.25) is 0 Å². The number of halogens is 1. The summed E-state index contributed by atoms with van der Waals surface area (Å²) in [6, 6.07) is 0. The van der Waals surface area contributed by atoms with Crippen molar-refractivity contribution in [1.29, 1.82) is 0 Å². The van der Waals surface area contributed by atoms with Gasteiger partial charge < -0.3 is 9.64 Å². The van der Waals surface area contributed by atoms with Crippen LogP contribution in [0.3, 0.4) is 0 Å². The molecule has 1 amide bonds. The lowest BCUT2D eigenvalue weighted by molar-refractivity contribution is -0.130. The molecule has 0 atom stereocenters. The predicted molar refractivity (Wildman–Crippen MR) is 67.9 cm³/mol. The largest absolute Gasteiger partial charge is 0.383 e. The average molecular weight is 293 g/mol. The molecule has 0 N–H and O–H groups in total. The van der Waals surface area contributed by atoms with Crippen molar-refractivity contribution < 1.29 is 9.53 Å². The van der Waals surface area contributed by atoms with Crippen LogP contribution in [-0.4, -0.2) is 67.5 Å². The van der Waals surface area contributed by atoms with Gasteiger partial charge in [-0.05, 0) is 13.0 Å². The number of amides is 1. The van der Waals surface area contributed by atoms with Crippen molar-refractivity contribution in [2.75, 3.05) is 51.8 Å². The van der Waals surface area contributed by atoms with Crippen molar-refractivity contribution in [3.63, 3.8) is 0 Å². The van der Waals surface area contributed by atoms with Crippen molar-refractivity contribution in [3.05, 3.63) is 0 Å². The highest BCUT2D eigenvalue weighted by Crippen LogP contribution is 2.05. The molecule has 0 spiro atoms. The standard InChI is InChI=1S/C11H21BrN2O2/c1-16-10-9-13-5-2-6-14(8-7-13)11(15)3-4-12/h2-10H2,1H3. The van der Waals surface area contributed by atoms with Gasteiger partial charge in [0, 0.05) is 45.0 Å². The molecule has 5 heteroatoms. The van der Waals surface area contributed by atoms with Gasteiger partial charge in [0.25, 0.3) is 0 Å². The molecule has 1 fully saturated rings. The second-order valence-electron chi connectivity index (χ2n) is 4.01. The van der Waals surface area contributed by atoms with Gasteiger partial charge in [0.05, 0.1) is 6.61 Å². The first-order valence-electron chi connectivity index (χ1n) is 5.83. The Balaban J connectivity index is 2.31.